The van der Waals surface area contributed by atoms with E-state index in [2.05, 4.69) is 4.99 Å². The van der Waals surface area contributed by atoms with Crippen LogP contribution in [0.1, 0.15) is 64.9 Å². The third-order valence-electron chi connectivity index (χ3n) is 5.24. The number of nitro groups is 1. The van der Waals surface area contributed by atoms with Crippen LogP contribution in [0.25, 0.3) is 0 Å². The summed E-state index contributed by atoms with van der Waals surface area (Å²) in [6, 6.07) is 5.60. The number of hydrogen-bond donors (Lipinski definition) is 1. The summed E-state index contributed by atoms with van der Waals surface area (Å²) in [4.78, 5) is 50.5. The highest BCUT2D eigenvalue weighted by Gasteiger charge is 2.42. The Hall–Kier alpha value is -3.07. The van der Waals surface area contributed by atoms with Crippen molar-refractivity contribution in [1.29, 1.82) is 0 Å². The number of non-ortho nitro benzene ring substituents is 1. The Bertz CT molecular complexity index is 901. The van der Waals surface area contributed by atoms with Crippen molar-refractivity contribution in [2.24, 2.45) is 10.9 Å². The summed E-state index contributed by atoms with van der Waals surface area (Å²) >= 11 is 0. The Labute approximate surface area is 180 Å². The number of aliphatic carboxylic acids is 1. The smallest absolute Gasteiger partial charge is 0.371 e. The Morgan fingerprint density at radius 1 is 1.23 bits per heavy atom. The first kappa shape index (κ1) is 24.2. The summed E-state index contributed by atoms with van der Waals surface area (Å²) in [5, 5.41) is 21.1. The van der Waals surface area contributed by atoms with E-state index in [4.69, 9.17) is 9.78 Å². The van der Waals surface area contributed by atoms with Crippen molar-refractivity contribution in [3.63, 3.8) is 0 Å². The van der Waals surface area contributed by atoms with Crippen molar-refractivity contribution in [1.82, 2.24) is 0 Å². The topological polar surface area (TPSA) is 128 Å². The molecule has 2 rings (SSSR count). The number of hydrogen-bond acceptors (Lipinski definition) is 7. The van der Waals surface area contributed by atoms with Gasteiger partial charge < -0.3 is 5.11 Å². The van der Waals surface area contributed by atoms with E-state index in [0.717, 1.165) is 12.8 Å². The van der Waals surface area contributed by atoms with Crippen molar-refractivity contribution < 1.29 is 29.4 Å². The van der Waals surface area contributed by atoms with Gasteiger partial charge in [-0.1, -0.05) is 38.8 Å². The highest BCUT2D eigenvalue weighted by Crippen LogP contribution is 2.40. The molecule has 0 spiro atoms. The average Bonchev–Trinajstić information content (AvgIpc) is 2.71. The van der Waals surface area contributed by atoms with Gasteiger partial charge in [-0.3, -0.25) is 24.8 Å². The molecule has 1 aliphatic heterocycles. The predicted molar refractivity (Wildman–Crippen MR) is 114 cm³/mol. The van der Waals surface area contributed by atoms with Crippen molar-refractivity contribution in [3.8, 4) is 0 Å². The fourth-order valence-corrected chi connectivity index (χ4v) is 3.86. The summed E-state index contributed by atoms with van der Waals surface area (Å²) < 4.78 is 0. The molecule has 9 heteroatoms. The molecule has 0 bridgehead atoms. The van der Waals surface area contributed by atoms with Crippen LogP contribution in [-0.2, 0) is 19.4 Å². The van der Waals surface area contributed by atoms with Gasteiger partial charge >= 0.3 is 11.9 Å². The molecule has 168 valence electrons. The average molecular weight is 432 g/mol. The molecule has 0 saturated carbocycles. The fourth-order valence-electron chi connectivity index (χ4n) is 3.86. The molecular formula is C22H28N2O7. The molecular weight excluding hydrogens is 404 g/mol. The molecule has 1 aliphatic rings. The van der Waals surface area contributed by atoms with Gasteiger partial charge in [0.25, 0.3) is 5.69 Å². The van der Waals surface area contributed by atoms with E-state index in [0.29, 0.717) is 29.8 Å². The van der Waals surface area contributed by atoms with Crippen LogP contribution in [0.2, 0.25) is 0 Å². The van der Waals surface area contributed by atoms with Gasteiger partial charge in [0.2, 0.25) is 0 Å². The highest BCUT2D eigenvalue weighted by atomic mass is 17.2. The minimum Gasteiger partial charge on any atom is -0.481 e. The number of carboxylic acid groups (broad SMARTS) is 1. The monoisotopic (exact) mass is 432 g/mol. The zero-order valence-corrected chi connectivity index (χ0v) is 18.2. The quantitative estimate of drug-likeness (QED) is 0.326. The Kier molecular flexibility index (Phi) is 8.44. The number of carbonyl (C=O) groups is 2. The lowest BCUT2D eigenvalue weighted by Gasteiger charge is -2.30. The first-order valence-corrected chi connectivity index (χ1v) is 10.3. The van der Waals surface area contributed by atoms with Gasteiger partial charge in [0, 0.05) is 29.5 Å². The van der Waals surface area contributed by atoms with Crippen LogP contribution in [0.4, 0.5) is 5.69 Å². The molecule has 0 radical (unpaired) electrons. The molecule has 9 nitrogen and oxygen atoms in total. The second-order valence-electron chi connectivity index (χ2n) is 7.56. The molecule has 0 amide bonds. The summed E-state index contributed by atoms with van der Waals surface area (Å²) in [5.74, 6) is -4.20. The maximum atomic E-state index is 13.0. The van der Waals surface area contributed by atoms with Gasteiger partial charge in [-0.2, -0.15) is 4.89 Å². The molecule has 0 aromatic heterocycles. The number of carbonyl (C=O) groups excluding carboxylic acids is 1. The van der Waals surface area contributed by atoms with Crippen LogP contribution in [-0.4, -0.2) is 33.8 Å². The standard InChI is InChI=1S/C22H28N2O7/c1-5-8-17(9-6-2)30-31-22(27)19-14(4)23-13(3)18(21(25)26)20(19)15-10-7-11-16(12-15)24(28)29/h7,10-12,17-18,20H,5-6,8-9H2,1-4H3,(H,25,26). The number of benzene rings is 1. The van der Waals surface area contributed by atoms with Gasteiger partial charge in [0.1, 0.15) is 12.0 Å². The molecule has 1 heterocycles. The zero-order valence-electron chi connectivity index (χ0n) is 18.2. The van der Waals surface area contributed by atoms with Crippen LogP contribution >= 0.6 is 0 Å². The summed E-state index contributed by atoms with van der Waals surface area (Å²) in [7, 11) is 0. The third-order valence-corrected chi connectivity index (χ3v) is 5.24. The molecule has 31 heavy (non-hydrogen) atoms. The second-order valence-corrected chi connectivity index (χ2v) is 7.56. The van der Waals surface area contributed by atoms with Crippen LogP contribution in [0.3, 0.4) is 0 Å². The lowest BCUT2D eigenvalue weighted by molar-refractivity contribution is -0.384. The molecule has 1 N–H and O–H groups in total. The first-order chi connectivity index (χ1) is 14.7. The maximum Gasteiger partial charge on any atom is 0.371 e. The lowest BCUT2D eigenvalue weighted by Crippen LogP contribution is -2.35. The van der Waals surface area contributed by atoms with Gasteiger partial charge in [0.05, 0.1) is 10.5 Å². The van der Waals surface area contributed by atoms with Gasteiger partial charge in [-0.05, 0) is 32.3 Å². The van der Waals surface area contributed by atoms with Crippen LogP contribution in [0.15, 0.2) is 40.5 Å². The number of aliphatic imine (C=N–C) groups is 1. The molecule has 1 aromatic rings. The molecule has 0 saturated heterocycles. The molecule has 2 atom stereocenters. The first-order valence-electron chi connectivity index (χ1n) is 10.3. The van der Waals surface area contributed by atoms with Crippen molar-refractivity contribution in [2.75, 3.05) is 0 Å². The number of nitrogens with zero attached hydrogens (tertiary/aromatic N) is 2. The normalized spacial score (nSPS) is 18.7. The van der Waals surface area contributed by atoms with Gasteiger partial charge in [-0.15, -0.1) is 0 Å². The van der Waals surface area contributed by atoms with E-state index < -0.39 is 28.7 Å². The maximum absolute atomic E-state index is 13.0. The number of rotatable bonds is 10. The van der Waals surface area contributed by atoms with Crippen molar-refractivity contribution >= 4 is 23.3 Å². The van der Waals surface area contributed by atoms with E-state index >= 15 is 0 Å². The summed E-state index contributed by atoms with van der Waals surface area (Å²) in [6.07, 6.45) is 2.86. The van der Waals surface area contributed by atoms with E-state index in [-0.39, 0.29) is 17.4 Å². The minimum atomic E-state index is -1.19. The summed E-state index contributed by atoms with van der Waals surface area (Å²) in [6.45, 7) is 7.13. The van der Waals surface area contributed by atoms with Crippen LogP contribution < -0.4 is 0 Å². The third kappa shape index (κ3) is 5.75. The highest BCUT2D eigenvalue weighted by molar-refractivity contribution is 6.06. The largest absolute Gasteiger partial charge is 0.481 e. The number of carboxylic acids is 1. The Balaban J connectivity index is 2.46. The second kappa shape index (κ2) is 10.8. The molecule has 0 fully saturated rings. The van der Waals surface area contributed by atoms with E-state index in [1.807, 2.05) is 13.8 Å². The fraction of sp³-hybridized carbons (Fsp3) is 0.500. The van der Waals surface area contributed by atoms with Crippen molar-refractivity contribution in [3.05, 3.63) is 51.2 Å². The lowest BCUT2D eigenvalue weighted by atomic mass is 9.75. The Morgan fingerprint density at radius 2 is 1.87 bits per heavy atom. The van der Waals surface area contributed by atoms with E-state index in [1.165, 1.54) is 18.2 Å². The molecule has 1 aromatic carbocycles. The van der Waals surface area contributed by atoms with Crippen molar-refractivity contribution in [2.45, 2.75) is 65.4 Å². The predicted octanol–water partition coefficient (Wildman–Crippen LogP) is 4.57. The van der Waals surface area contributed by atoms with E-state index in [1.54, 1.807) is 19.9 Å². The van der Waals surface area contributed by atoms with Crippen LogP contribution in [0, 0.1) is 16.0 Å². The van der Waals surface area contributed by atoms with Crippen LogP contribution in [0.5, 0.6) is 0 Å². The zero-order chi connectivity index (χ0) is 23.1. The Morgan fingerprint density at radius 3 is 2.42 bits per heavy atom. The van der Waals surface area contributed by atoms with E-state index in [9.17, 15) is 24.8 Å². The van der Waals surface area contributed by atoms with Gasteiger partial charge in [0.15, 0.2) is 0 Å². The minimum absolute atomic E-state index is 0.0187. The molecule has 0 aliphatic carbocycles. The number of nitro benzene ring substituents is 1. The molecule has 2 unspecified atom stereocenters. The van der Waals surface area contributed by atoms with Gasteiger partial charge in [-0.25, -0.2) is 4.79 Å². The number of allylic oxidation sites excluding steroid dienone is 1. The SMILES string of the molecule is CCCC(CCC)OOC(=O)C1=C(C)N=C(C)C(C(=O)O)C1c1cccc([N+](=O)[O-])c1. The summed E-state index contributed by atoms with van der Waals surface area (Å²) in [5.41, 5.74) is 0.733.